The first-order chi connectivity index (χ1) is 11.8. The molecule has 6 nitrogen and oxygen atoms in total. The molecule has 1 fully saturated rings. The third kappa shape index (κ3) is 4.59. The summed E-state index contributed by atoms with van der Waals surface area (Å²) in [6.45, 7) is 8.00. The van der Waals surface area contributed by atoms with Gasteiger partial charge in [0.1, 0.15) is 0 Å². The first kappa shape index (κ1) is 19.9. The molecule has 140 valence electrons. The van der Waals surface area contributed by atoms with E-state index < -0.39 is 20.5 Å². The molecule has 1 aromatic carbocycles. The minimum atomic E-state index is -3.50. The largest absolute Gasteiger partial charge is 0.325 e. The molecule has 2 N–H and O–H groups in total. The minimum absolute atomic E-state index is 0.302. The van der Waals surface area contributed by atoms with Crippen LogP contribution in [-0.2, 0) is 21.2 Å². The second kappa shape index (κ2) is 8.29. The normalized spacial score (nSPS) is 17.4. The van der Waals surface area contributed by atoms with Crippen LogP contribution in [0.2, 0.25) is 0 Å². The number of amides is 1. The third-order valence-corrected chi connectivity index (χ3v) is 7.03. The van der Waals surface area contributed by atoms with Crippen molar-refractivity contribution in [1.29, 1.82) is 0 Å². The summed E-state index contributed by atoms with van der Waals surface area (Å²) in [6, 6.07) is 7.64. The van der Waals surface area contributed by atoms with E-state index >= 15 is 0 Å². The molecule has 1 amide bonds. The summed E-state index contributed by atoms with van der Waals surface area (Å²) in [4.78, 5) is 15.1. The zero-order chi connectivity index (χ0) is 18.5. The van der Waals surface area contributed by atoms with E-state index in [9.17, 15) is 13.2 Å². The second-order valence-corrected chi connectivity index (χ2v) is 8.96. The molecule has 0 spiro atoms. The maximum absolute atomic E-state index is 12.9. The smallest absolute Gasteiger partial charge is 0.245 e. The van der Waals surface area contributed by atoms with Gasteiger partial charge >= 0.3 is 0 Å². The van der Waals surface area contributed by atoms with E-state index in [2.05, 4.69) is 29.4 Å². The van der Waals surface area contributed by atoms with Crippen molar-refractivity contribution in [2.45, 2.75) is 38.0 Å². The van der Waals surface area contributed by atoms with Crippen molar-refractivity contribution in [3.63, 3.8) is 0 Å². The SMILES string of the molecule is CCN(CC)Cc1cccc(NC(=O)C2(S(C)(=O)=O)CCNCC2)c1. The number of piperidine rings is 1. The van der Waals surface area contributed by atoms with Gasteiger partial charge in [-0.1, -0.05) is 26.0 Å². The molecule has 0 bridgehead atoms. The van der Waals surface area contributed by atoms with Gasteiger partial charge in [-0.05, 0) is 56.7 Å². The van der Waals surface area contributed by atoms with Crippen LogP contribution in [0.4, 0.5) is 5.69 Å². The first-order valence-corrected chi connectivity index (χ1v) is 10.7. The van der Waals surface area contributed by atoms with Crippen molar-refractivity contribution in [3.8, 4) is 0 Å². The summed E-state index contributed by atoms with van der Waals surface area (Å²) in [5.74, 6) is -0.420. The highest BCUT2D eigenvalue weighted by atomic mass is 32.2. The maximum Gasteiger partial charge on any atom is 0.245 e. The molecule has 1 heterocycles. The first-order valence-electron chi connectivity index (χ1n) is 8.85. The lowest BCUT2D eigenvalue weighted by atomic mass is 9.95. The highest BCUT2D eigenvalue weighted by Crippen LogP contribution is 2.29. The van der Waals surface area contributed by atoms with Crippen LogP contribution < -0.4 is 10.6 Å². The molecule has 0 aromatic heterocycles. The van der Waals surface area contributed by atoms with Gasteiger partial charge in [0.25, 0.3) is 0 Å². The maximum atomic E-state index is 12.9. The third-order valence-electron chi connectivity index (χ3n) is 5.02. The number of benzene rings is 1. The van der Waals surface area contributed by atoms with Gasteiger partial charge in [-0.25, -0.2) is 8.42 Å². The number of anilines is 1. The summed E-state index contributed by atoms with van der Waals surface area (Å²) in [5.41, 5.74) is 1.75. The summed E-state index contributed by atoms with van der Waals surface area (Å²) in [6.07, 6.45) is 1.77. The molecule has 25 heavy (non-hydrogen) atoms. The predicted octanol–water partition coefficient (Wildman–Crippen LogP) is 1.63. The van der Waals surface area contributed by atoms with Crippen molar-refractivity contribution in [3.05, 3.63) is 29.8 Å². The molecule has 1 aromatic rings. The lowest BCUT2D eigenvalue weighted by Crippen LogP contribution is -2.55. The van der Waals surface area contributed by atoms with Gasteiger partial charge in [0.2, 0.25) is 5.91 Å². The molecule has 0 unspecified atom stereocenters. The van der Waals surface area contributed by atoms with E-state index in [0.29, 0.717) is 31.6 Å². The summed E-state index contributed by atoms with van der Waals surface area (Å²) in [5, 5.41) is 5.97. The molecule has 1 saturated heterocycles. The van der Waals surface area contributed by atoms with E-state index in [1.54, 1.807) is 6.07 Å². The fourth-order valence-corrected chi connectivity index (χ4v) is 4.63. The van der Waals surface area contributed by atoms with Gasteiger partial charge in [0.15, 0.2) is 14.6 Å². The van der Waals surface area contributed by atoms with Crippen LogP contribution in [0, 0.1) is 0 Å². The number of sulfone groups is 1. The van der Waals surface area contributed by atoms with Crippen LogP contribution in [0.3, 0.4) is 0 Å². The number of hydrogen-bond donors (Lipinski definition) is 2. The Hall–Kier alpha value is -1.44. The van der Waals surface area contributed by atoms with Crippen molar-refractivity contribution < 1.29 is 13.2 Å². The Kier molecular flexibility index (Phi) is 6.59. The Morgan fingerprint density at radius 3 is 2.44 bits per heavy atom. The van der Waals surface area contributed by atoms with Gasteiger partial charge in [-0.3, -0.25) is 9.69 Å². The Bertz CT molecular complexity index is 693. The number of nitrogens with zero attached hydrogens (tertiary/aromatic N) is 1. The number of carbonyl (C=O) groups is 1. The van der Waals surface area contributed by atoms with Crippen LogP contribution in [0.25, 0.3) is 0 Å². The van der Waals surface area contributed by atoms with Crippen LogP contribution in [-0.4, -0.2) is 56.4 Å². The van der Waals surface area contributed by atoms with Gasteiger partial charge in [-0.15, -0.1) is 0 Å². The molecular weight excluding hydrogens is 338 g/mol. The van der Waals surface area contributed by atoms with Crippen molar-refractivity contribution >= 4 is 21.4 Å². The highest BCUT2D eigenvalue weighted by molar-refractivity contribution is 7.92. The quantitative estimate of drug-likeness (QED) is 0.766. The van der Waals surface area contributed by atoms with Gasteiger partial charge in [0, 0.05) is 18.5 Å². The van der Waals surface area contributed by atoms with E-state index in [-0.39, 0.29) is 0 Å². The van der Waals surface area contributed by atoms with E-state index in [0.717, 1.165) is 31.5 Å². The second-order valence-electron chi connectivity index (χ2n) is 6.63. The Morgan fingerprint density at radius 1 is 1.24 bits per heavy atom. The van der Waals surface area contributed by atoms with Crippen LogP contribution >= 0.6 is 0 Å². The monoisotopic (exact) mass is 367 g/mol. The standard InChI is InChI=1S/C18H29N3O3S/c1-4-21(5-2)14-15-7-6-8-16(13-15)20-17(22)18(25(3,23)24)9-11-19-12-10-18/h6-8,13,19H,4-5,9-12,14H2,1-3H3,(H,20,22). The minimum Gasteiger partial charge on any atom is -0.325 e. The van der Waals surface area contributed by atoms with Crippen LogP contribution in [0.1, 0.15) is 32.3 Å². The fourth-order valence-electron chi connectivity index (χ4n) is 3.29. The predicted molar refractivity (Wildman–Crippen MR) is 101 cm³/mol. The molecule has 0 radical (unpaired) electrons. The number of rotatable bonds is 7. The fraction of sp³-hybridized carbons (Fsp3) is 0.611. The van der Waals surface area contributed by atoms with Crippen molar-refractivity contribution in [2.24, 2.45) is 0 Å². The highest BCUT2D eigenvalue weighted by Gasteiger charge is 2.48. The van der Waals surface area contributed by atoms with Crippen LogP contribution in [0.15, 0.2) is 24.3 Å². The molecule has 1 aliphatic rings. The Morgan fingerprint density at radius 2 is 1.88 bits per heavy atom. The lowest BCUT2D eigenvalue weighted by Gasteiger charge is -2.34. The Balaban J connectivity index is 2.19. The molecule has 1 aliphatic heterocycles. The number of nitrogens with one attached hydrogen (secondary N) is 2. The van der Waals surface area contributed by atoms with E-state index in [4.69, 9.17) is 0 Å². The lowest BCUT2D eigenvalue weighted by molar-refractivity contribution is -0.119. The van der Waals surface area contributed by atoms with Crippen LogP contribution in [0.5, 0.6) is 0 Å². The molecule has 0 saturated carbocycles. The molecule has 0 aliphatic carbocycles. The average Bonchev–Trinajstić information content (AvgIpc) is 2.59. The van der Waals surface area contributed by atoms with Gasteiger partial charge in [0.05, 0.1) is 0 Å². The topological polar surface area (TPSA) is 78.5 Å². The van der Waals surface area contributed by atoms with Crippen molar-refractivity contribution in [2.75, 3.05) is 37.8 Å². The molecule has 7 heteroatoms. The molecular formula is C18H29N3O3S. The zero-order valence-corrected chi connectivity index (χ0v) is 16.2. The van der Waals surface area contributed by atoms with E-state index in [1.807, 2.05) is 18.2 Å². The zero-order valence-electron chi connectivity index (χ0n) is 15.3. The van der Waals surface area contributed by atoms with E-state index in [1.165, 1.54) is 0 Å². The Labute approximate surface area is 150 Å². The number of carbonyl (C=O) groups excluding carboxylic acids is 1. The average molecular weight is 368 g/mol. The molecule has 2 rings (SSSR count). The summed E-state index contributed by atoms with van der Waals surface area (Å²) in [7, 11) is -3.50. The summed E-state index contributed by atoms with van der Waals surface area (Å²) < 4.78 is 23.3. The summed E-state index contributed by atoms with van der Waals surface area (Å²) >= 11 is 0. The van der Waals surface area contributed by atoms with Gasteiger partial charge < -0.3 is 10.6 Å². The van der Waals surface area contributed by atoms with Gasteiger partial charge in [-0.2, -0.15) is 0 Å². The number of hydrogen-bond acceptors (Lipinski definition) is 5. The molecule has 0 atom stereocenters. The van der Waals surface area contributed by atoms with Crippen molar-refractivity contribution in [1.82, 2.24) is 10.2 Å².